The van der Waals surface area contributed by atoms with Crippen LogP contribution >= 0.6 is 27.3 Å². The molecule has 0 atom stereocenters. The van der Waals surface area contributed by atoms with Gasteiger partial charge < -0.3 is 5.32 Å². The van der Waals surface area contributed by atoms with Gasteiger partial charge in [0.2, 0.25) is 0 Å². The number of halogens is 1. The maximum absolute atomic E-state index is 11.8. The second kappa shape index (κ2) is 6.62. The van der Waals surface area contributed by atoms with E-state index < -0.39 is 4.92 Å². The second-order valence-electron chi connectivity index (χ2n) is 4.03. The highest BCUT2D eigenvalue weighted by molar-refractivity contribution is 9.10. The van der Waals surface area contributed by atoms with Crippen LogP contribution in [0, 0.1) is 10.1 Å². The first kappa shape index (κ1) is 14.7. The minimum atomic E-state index is -0.431. The zero-order valence-corrected chi connectivity index (χ0v) is 12.7. The maximum atomic E-state index is 11.8. The van der Waals surface area contributed by atoms with E-state index >= 15 is 0 Å². The van der Waals surface area contributed by atoms with E-state index in [-0.39, 0.29) is 11.6 Å². The molecule has 7 heteroatoms. The Morgan fingerprint density at radius 2 is 2.00 bits per heavy atom. The van der Waals surface area contributed by atoms with Crippen LogP contribution < -0.4 is 5.32 Å². The van der Waals surface area contributed by atoms with Gasteiger partial charge in [0.15, 0.2) is 0 Å². The zero-order chi connectivity index (χ0) is 14.5. The molecule has 0 aliphatic heterocycles. The number of hydrogen-bond acceptors (Lipinski definition) is 4. The molecule has 20 heavy (non-hydrogen) atoms. The molecular formula is C13H11BrN2O3S. The fourth-order valence-electron chi connectivity index (χ4n) is 1.64. The quantitative estimate of drug-likeness (QED) is 0.660. The molecule has 0 saturated heterocycles. The van der Waals surface area contributed by atoms with Crippen molar-refractivity contribution in [3.63, 3.8) is 0 Å². The second-order valence-corrected chi connectivity index (χ2v) is 5.80. The van der Waals surface area contributed by atoms with Gasteiger partial charge >= 0.3 is 0 Å². The van der Waals surface area contributed by atoms with Crippen LogP contribution in [-0.2, 0) is 6.42 Å². The van der Waals surface area contributed by atoms with E-state index in [0.29, 0.717) is 17.8 Å². The lowest BCUT2D eigenvalue weighted by atomic mass is 10.1. The lowest BCUT2D eigenvalue weighted by Crippen LogP contribution is -2.25. The molecular weight excluding hydrogens is 344 g/mol. The number of hydrogen-bond donors (Lipinski definition) is 1. The van der Waals surface area contributed by atoms with Crippen molar-refractivity contribution in [2.45, 2.75) is 6.42 Å². The van der Waals surface area contributed by atoms with Crippen LogP contribution in [0.25, 0.3) is 0 Å². The van der Waals surface area contributed by atoms with Gasteiger partial charge in [-0.2, -0.15) is 0 Å². The van der Waals surface area contributed by atoms with Crippen molar-refractivity contribution in [2.24, 2.45) is 0 Å². The predicted octanol–water partition coefficient (Wildman–Crippen LogP) is 3.39. The first-order valence-electron chi connectivity index (χ1n) is 5.82. The molecule has 0 aliphatic carbocycles. The topological polar surface area (TPSA) is 72.2 Å². The van der Waals surface area contributed by atoms with Crippen LogP contribution in [-0.4, -0.2) is 17.4 Å². The Labute approximate surface area is 127 Å². The number of nitro benzene ring substituents is 1. The Hall–Kier alpha value is -1.73. The highest BCUT2D eigenvalue weighted by atomic mass is 79.9. The Balaban J connectivity index is 1.85. The van der Waals surface area contributed by atoms with Gasteiger partial charge in [-0.15, -0.1) is 11.3 Å². The van der Waals surface area contributed by atoms with Crippen molar-refractivity contribution >= 4 is 38.9 Å². The number of thiophene rings is 1. The summed E-state index contributed by atoms with van der Waals surface area (Å²) in [7, 11) is 0. The van der Waals surface area contributed by atoms with Gasteiger partial charge in [-0.05, 0) is 39.4 Å². The summed E-state index contributed by atoms with van der Waals surface area (Å²) in [6, 6.07) is 8.16. The molecule has 1 aromatic carbocycles. The van der Waals surface area contributed by atoms with Crippen LogP contribution in [0.2, 0.25) is 0 Å². The minimum absolute atomic E-state index is 0.0697. The normalized spacial score (nSPS) is 10.2. The first-order chi connectivity index (χ1) is 9.58. The number of carbonyl (C=O) groups excluding carboxylic acids is 1. The van der Waals surface area contributed by atoms with Crippen molar-refractivity contribution in [2.75, 3.05) is 6.54 Å². The molecule has 0 radical (unpaired) electrons. The van der Waals surface area contributed by atoms with E-state index in [1.807, 2.05) is 11.4 Å². The van der Waals surface area contributed by atoms with E-state index in [4.69, 9.17) is 0 Å². The van der Waals surface area contributed by atoms with Crippen LogP contribution in [0.3, 0.4) is 0 Å². The molecule has 0 unspecified atom stereocenters. The number of carbonyl (C=O) groups is 1. The van der Waals surface area contributed by atoms with E-state index in [2.05, 4.69) is 21.2 Å². The van der Waals surface area contributed by atoms with Gasteiger partial charge in [-0.3, -0.25) is 14.9 Å². The maximum Gasteiger partial charge on any atom is 0.269 e. The van der Waals surface area contributed by atoms with Crippen molar-refractivity contribution in [3.8, 4) is 0 Å². The van der Waals surface area contributed by atoms with Crippen LogP contribution in [0.4, 0.5) is 5.69 Å². The number of amides is 1. The molecule has 0 bridgehead atoms. The molecule has 0 aliphatic rings. The van der Waals surface area contributed by atoms with Crippen molar-refractivity contribution in [3.05, 3.63) is 60.7 Å². The van der Waals surface area contributed by atoms with Crippen molar-refractivity contribution in [1.82, 2.24) is 5.32 Å². The summed E-state index contributed by atoms with van der Waals surface area (Å²) in [5.74, 6) is -0.117. The van der Waals surface area contributed by atoms with Gasteiger partial charge in [0, 0.05) is 23.2 Å². The van der Waals surface area contributed by atoms with Gasteiger partial charge in [-0.1, -0.05) is 12.1 Å². The molecule has 0 saturated carbocycles. The number of nitro groups is 1. The molecule has 2 rings (SSSR count). The molecule has 2 aromatic rings. The van der Waals surface area contributed by atoms with Crippen molar-refractivity contribution in [1.29, 1.82) is 0 Å². The summed E-state index contributed by atoms with van der Waals surface area (Å²) in [6.45, 7) is 0.487. The summed E-state index contributed by atoms with van der Waals surface area (Å²) in [6.07, 6.45) is 0.632. The lowest BCUT2D eigenvalue weighted by molar-refractivity contribution is -0.384. The Morgan fingerprint density at radius 3 is 2.55 bits per heavy atom. The Kier molecular flexibility index (Phi) is 4.86. The molecule has 1 aromatic heterocycles. The number of rotatable bonds is 5. The third-order valence-corrected chi connectivity index (χ3v) is 4.51. The highest BCUT2D eigenvalue weighted by Gasteiger charge is 2.10. The summed E-state index contributed by atoms with van der Waals surface area (Å²) >= 11 is 4.69. The fraction of sp³-hybridized carbons (Fsp3) is 0.154. The third kappa shape index (κ3) is 3.64. The molecule has 104 valence electrons. The van der Waals surface area contributed by atoms with E-state index in [9.17, 15) is 14.9 Å². The molecule has 1 heterocycles. The summed E-state index contributed by atoms with van der Waals surface area (Å²) in [5, 5.41) is 15.2. The summed E-state index contributed by atoms with van der Waals surface area (Å²) in [4.78, 5) is 22.6. The standard InChI is InChI=1S/C13H11BrN2O3S/c14-11-6-8-20-12(11)13(17)15-7-5-9-1-3-10(4-2-9)16(18)19/h1-4,6,8H,5,7H2,(H,15,17). The average molecular weight is 355 g/mol. The molecule has 0 fully saturated rings. The van der Waals surface area contributed by atoms with Crippen LogP contribution in [0.5, 0.6) is 0 Å². The Morgan fingerprint density at radius 1 is 1.30 bits per heavy atom. The van der Waals surface area contributed by atoms with Crippen LogP contribution in [0.15, 0.2) is 40.2 Å². The summed E-state index contributed by atoms with van der Waals surface area (Å²) < 4.78 is 0.787. The van der Waals surface area contributed by atoms with Gasteiger partial charge in [-0.25, -0.2) is 0 Å². The summed E-state index contributed by atoms with van der Waals surface area (Å²) in [5.41, 5.74) is 1.02. The predicted molar refractivity (Wildman–Crippen MR) is 81.2 cm³/mol. The average Bonchev–Trinajstić information content (AvgIpc) is 2.85. The first-order valence-corrected chi connectivity index (χ1v) is 7.49. The smallest absolute Gasteiger partial charge is 0.269 e. The molecule has 5 nitrogen and oxygen atoms in total. The van der Waals surface area contributed by atoms with Gasteiger partial charge in [0.05, 0.1) is 4.92 Å². The number of nitrogens with one attached hydrogen (secondary N) is 1. The molecule has 1 N–H and O–H groups in total. The minimum Gasteiger partial charge on any atom is -0.351 e. The van der Waals surface area contributed by atoms with Crippen molar-refractivity contribution < 1.29 is 9.72 Å². The molecule has 1 amide bonds. The van der Waals surface area contributed by atoms with E-state index in [1.165, 1.54) is 23.5 Å². The Bertz CT molecular complexity index is 625. The zero-order valence-electron chi connectivity index (χ0n) is 10.3. The highest BCUT2D eigenvalue weighted by Crippen LogP contribution is 2.22. The molecule has 0 spiro atoms. The largest absolute Gasteiger partial charge is 0.351 e. The fourth-order valence-corrected chi connectivity index (χ4v) is 3.11. The van der Waals surface area contributed by atoms with Crippen LogP contribution in [0.1, 0.15) is 15.2 Å². The number of nitrogens with zero attached hydrogens (tertiary/aromatic N) is 1. The number of non-ortho nitro benzene ring substituents is 1. The van der Waals surface area contributed by atoms with Gasteiger partial charge in [0.1, 0.15) is 4.88 Å². The van der Waals surface area contributed by atoms with Gasteiger partial charge in [0.25, 0.3) is 11.6 Å². The lowest BCUT2D eigenvalue weighted by Gasteiger charge is -2.04. The SMILES string of the molecule is O=C(NCCc1ccc([N+](=O)[O-])cc1)c1sccc1Br. The van der Waals surface area contributed by atoms with E-state index in [1.54, 1.807) is 12.1 Å². The monoisotopic (exact) mass is 354 g/mol. The third-order valence-electron chi connectivity index (χ3n) is 2.67. The van der Waals surface area contributed by atoms with E-state index in [0.717, 1.165) is 10.0 Å². The number of benzene rings is 1.